The summed E-state index contributed by atoms with van der Waals surface area (Å²) in [4.78, 5) is 38.7. The first-order chi connectivity index (χ1) is 18.7. The maximum atomic E-state index is 13.4. The second-order valence-corrected chi connectivity index (χ2v) is 10.8. The Morgan fingerprint density at radius 3 is 2.38 bits per heavy atom. The number of carbonyl (C=O) groups is 3. The molecule has 39 heavy (non-hydrogen) atoms. The fourth-order valence-corrected chi connectivity index (χ4v) is 6.18. The lowest BCUT2D eigenvalue weighted by Crippen LogP contribution is -2.39. The summed E-state index contributed by atoms with van der Waals surface area (Å²) in [6.45, 7) is 4.02. The molecule has 1 fully saturated rings. The molecule has 214 valence electrons. The molecule has 0 unspecified atom stereocenters. The van der Waals surface area contributed by atoms with E-state index >= 15 is 0 Å². The fraction of sp³-hybridized carbons (Fsp3) is 0.581. The first kappa shape index (κ1) is 30.6. The van der Waals surface area contributed by atoms with E-state index in [-0.39, 0.29) is 37.1 Å². The van der Waals surface area contributed by atoms with Gasteiger partial charge in [0, 0.05) is 18.9 Å². The van der Waals surface area contributed by atoms with Gasteiger partial charge in [0.05, 0.1) is 24.5 Å². The Labute approximate surface area is 231 Å². The smallest absolute Gasteiger partial charge is 0.303 e. The van der Waals surface area contributed by atoms with Crippen molar-refractivity contribution in [2.45, 2.75) is 84.2 Å². The number of carbonyl (C=O) groups excluding carboxylic acids is 2. The van der Waals surface area contributed by atoms with Crippen LogP contribution in [0.25, 0.3) is 6.08 Å². The van der Waals surface area contributed by atoms with Crippen LogP contribution in [0.1, 0.15) is 83.6 Å². The molecular formula is C31H43NO7. The van der Waals surface area contributed by atoms with Gasteiger partial charge in [0.25, 0.3) is 0 Å². The minimum absolute atomic E-state index is 0.0643. The first-order valence-corrected chi connectivity index (χ1v) is 14.3. The number of rotatable bonds is 15. The number of hydrogen-bond acceptors (Lipinski definition) is 6. The van der Waals surface area contributed by atoms with Gasteiger partial charge in [-0.05, 0) is 68.2 Å². The molecule has 1 aromatic rings. The third kappa shape index (κ3) is 7.57. The molecule has 8 heteroatoms. The van der Waals surface area contributed by atoms with Crippen molar-refractivity contribution in [2.75, 3.05) is 13.2 Å². The van der Waals surface area contributed by atoms with Crippen molar-refractivity contribution in [3.8, 4) is 5.75 Å². The summed E-state index contributed by atoms with van der Waals surface area (Å²) >= 11 is 0. The lowest BCUT2D eigenvalue weighted by Gasteiger charge is -2.36. The Balaban J connectivity index is 1.73. The monoisotopic (exact) mass is 541 g/mol. The Hall–Kier alpha value is -2.97. The van der Waals surface area contributed by atoms with Crippen LogP contribution in [-0.2, 0) is 14.4 Å². The van der Waals surface area contributed by atoms with Crippen LogP contribution in [0.4, 0.5) is 0 Å². The number of likely N-dealkylation sites (tertiary alicyclic amines) is 1. The number of benzene rings is 1. The average Bonchev–Trinajstić information content (AvgIpc) is 3.15. The number of hydrogen-bond donors (Lipinski definition) is 4. The number of aliphatic hydroxyl groups excluding tert-OH is 2. The van der Waals surface area contributed by atoms with E-state index in [2.05, 4.69) is 13.0 Å². The van der Waals surface area contributed by atoms with E-state index < -0.39 is 29.8 Å². The zero-order valence-electron chi connectivity index (χ0n) is 23.1. The topological polar surface area (TPSA) is 135 Å². The molecule has 4 N–H and O–H groups in total. The van der Waals surface area contributed by atoms with Crippen molar-refractivity contribution in [1.82, 2.24) is 4.90 Å². The molecule has 4 atom stereocenters. The number of amides is 2. The highest BCUT2D eigenvalue weighted by Gasteiger charge is 2.54. The number of aliphatic carboxylic acids is 1. The van der Waals surface area contributed by atoms with E-state index in [4.69, 9.17) is 5.11 Å². The predicted octanol–water partition coefficient (Wildman–Crippen LogP) is 4.68. The second kappa shape index (κ2) is 14.4. The number of fused-ring (bicyclic) bond motifs is 1. The van der Waals surface area contributed by atoms with E-state index in [0.29, 0.717) is 50.5 Å². The van der Waals surface area contributed by atoms with Crippen LogP contribution < -0.4 is 0 Å². The predicted molar refractivity (Wildman–Crippen MR) is 149 cm³/mol. The normalized spacial score (nSPS) is 22.4. The van der Waals surface area contributed by atoms with Gasteiger partial charge < -0.3 is 20.4 Å². The molecule has 0 saturated carbocycles. The lowest BCUT2D eigenvalue weighted by molar-refractivity contribution is -0.141. The van der Waals surface area contributed by atoms with Crippen molar-refractivity contribution < 1.29 is 34.8 Å². The van der Waals surface area contributed by atoms with Crippen molar-refractivity contribution in [3.63, 3.8) is 0 Å². The Morgan fingerprint density at radius 2 is 1.77 bits per heavy atom. The highest BCUT2D eigenvalue weighted by Crippen LogP contribution is 2.47. The largest absolute Gasteiger partial charge is 0.508 e. The molecule has 2 aliphatic rings. The maximum Gasteiger partial charge on any atom is 0.303 e. The number of aromatic hydroxyl groups is 1. The summed E-state index contributed by atoms with van der Waals surface area (Å²) < 4.78 is 0. The van der Waals surface area contributed by atoms with Crippen LogP contribution in [0.5, 0.6) is 5.75 Å². The molecule has 1 heterocycles. The van der Waals surface area contributed by atoms with Crippen LogP contribution in [0.2, 0.25) is 0 Å². The number of carboxylic acids is 1. The zero-order valence-corrected chi connectivity index (χ0v) is 23.1. The molecular weight excluding hydrogens is 498 g/mol. The Kier molecular flexibility index (Phi) is 11.3. The molecule has 0 spiro atoms. The van der Waals surface area contributed by atoms with Crippen LogP contribution in [0, 0.1) is 17.8 Å². The highest BCUT2D eigenvalue weighted by atomic mass is 16.4. The molecule has 8 nitrogen and oxygen atoms in total. The maximum absolute atomic E-state index is 13.4. The van der Waals surface area contributed by atoms with E-state index in [1.165, 1.54) is 10.5 Å². The number of phenols is 1. The number of carboxylic acid groups (broad SMARTS) is 1. The zero-order chi connectivity index (χ0) is 28.5. The fourth-order valence-electron chi connectivity index (χ4n) is 6.18. The van der Waals surface area contributed by atoms with Gasteiger partial charge in [-0.25, -0.2) is 0 Å². The number of aliphatic hydroxyl groups is 2. The Morgan fingerprint density at radius 1 is 1.05 bits per heavy atom. The third-order valence-corrected chi connectivity index (χ3v) is 8.10. The quantitative estimate of drug-likeness (QED) is 0.144. The molecule has 2 amide bonds. The van der Waals surface area contributed by atoms with Crippen LogP contribution in [-0.4, -0.2) is 62.4 Å². The summed E-state index contributed by atoms with van der Waals surface area (Å²) in [7, 11) is 0. The molecule has 1 aromatic carbocycles. The van der Waals surface area contributed by atoms with E-state index in [0.717, 1.165) is 24.0 Å². The molecule has 3 rings (SSSR count). The minimum atomic E-state index is -0.859. The summed E-state index contributed by atoms with van der Waals surface area (Å²) in [5.74, 6) is -2.96. The number of phenolic OH excluding ortho intramolecular Hbond substituents is 1. The van der Waals surface area contributed by atoms with Crippen LogP contribution in [0.3, 0.4) is 0 Å². The van der Waals surface area contributed by atoms with Crippen molar-refractivity contribution in [3.05, 3.63) is 46.5 Å². The molecule has 0 bridgehead atoms. The molecule has 1 aliphatic carbocycles. The first-order valence-electron chi connectivity index (χ1n) is 14.3. The van der Waals surface area contributed by atoms with Crippen molar-refractivity contribution in [2.24, 2.45) is 17.8 Å². The van der Waals surface area contributed by atoms with Crippen LogP contribution in [0.15, 0.2) is 41.0 Å². The number of allylic oxidation sites excluding steroid dienone is 2. The van der Waals surface area contributed by atoms with E-state index in [1.807, 2.05) is 19.1 Å². The van der Waals surface area contributed by atoms with Gasteiger partial charge in [0.15, 0.2) is 0 Å². The van der Waals surface area contributed by atoms with Gasteiger partial charge in [-0.2, -0.15) is 0 Å². The summed E-state index contributed by atoms with van der Waals surface area (Å²) in [5, 5.41) is 40.2. The summed E-state index contributed by atoms with van der Waals surface area (Å²) in [6, 6.07) is 6.99. The highest BCUT2D eigenvalue weighted by molar-refractivity contribution is 6.05. The van der Waals surface area contributed by atoms with E-state index in [9.17, 15) is 29.7 Å². The molecule has 1 aliphatic heterocycles. The second-order valence-electron chi connectivity index (χ2n) is 10.8. The van der Waals surface area contributed by atoms with Gasteiger partial charge in [-0.15, -0.1) is 0 Å². The van der Waals surface area contributed by atoms with Crippen molar-refractivity contribution >= 4 is 23.9 Å². The number of nitrogens with zero attached hydrogens (tertiary/aromatic N) is 1. The van der Waals surface area contributed by atoms with Gasteiger partial charge in [-0.3, -0.25) is 19.3 Å². The average molecular weight is 542 g/mol. The van der Waals surface area contributed by atoms with Crippen molar-refractivity contribution in [1.29, 1.82) is 0 Å². The number of unbranched alkanes of at least 4 members (excludes halogenated alkanes) is 2. The van der Waals surface area contributed by atoms with Gasteiger partial charge in [0.1, 0.15) is 5.75 Å². The van der Waals surface area contributed by atoms with E-state index in [1.54, 1.807) is 12.1 Å². The van der Waals surface area contributed by atoms with Gasteiger partial charge in [0.2, 0.25) is 11.8 Å². The lowest BCUT2D eigenvalue weighted by atomic mass is 9.67. The minimum Gasteiger partial charge on any atom is -0.508 e. The van der Waals surface area contributed by atoms with Crippen LogP contribution >= 0.6 is 0 Å². The SMILES string of the molecule is CCC/C(=C\c1ccc(O)cc1)CC[C@@H](O)C1=C(CC)C[C@H]2C(=O)N(CCCCCC(=O)O)C(=O)[C@H]2[C@H]1CO. The standard InChI is InChI=1S/C31H43NO7/c1-3-8-20(17-21-10-13-23(34)14-11-21)12-15-26(35)28-22(4-2)18-24-29(25(28)19-33)31(39)32(30(24)38)16-7-5-6-9-27(36)37/h10-11,13-14,17,24-26,29,33-35H,3-9,12,15-16,18-19H2,1-2H3,(H,36,37)/b20-17+/t24-,25+,26-,29-/m1/s1. The third-order valence-electron chi connectivity index (χ3n) is 8.10. The van der Waals surface area contributed by atoms with Gasteiger partial charge >= 0.3 is 5.97 Å². The Bertz CT molecular complexity index is 1070. The summed E-state index contributed by atoms with van der Waals surface area (Å²) in [6.07, 6.45) is 6.95. The summed E-state index contributed by atoms with van der Waals surface area (Å²) in [5.41, 5.74) is 3.82. The molecule has 0 radical (unpaired) electrons. The molecule has 0 aromatic heterocycles. The molecule has 1 saturated heterocycles. The van der Waals surface area contributed by atoms with Gasteiger partial charge in [-0.1, -0.05) is 56.0 Å². The number of imide groups is 1.